The highest BCUT2D eigenvalue weighted by molar-refractivity contribution is 5.76. The molecule has 2 aliphatic carbocycles. The summed E-state index contributed by atoms with van der Waals surface area (Å²) in [6.45, 7) is 5.77. The number of fused-ring (bicyclic) bond motifs is 1. The first-order chi connectivity index (χ1) is 16.7. The Balaban J connectivity index is 0.973. The van der Waals surface area contributed by atoms with E-state index in [-0.39, 0.29) is 5.91 Å². The lowest BCUT2D eigenvalue weighted by molar-refractivity contribution is -0.123. The zero-order chi connectivity index (χ0) is 23.3. The fourth-order valence-corrected chi connectivity index (χ4v) is 6.31. The maximum absolute atomic E-state index is 12.5. The fourth-order valence-electron chi connectivity index (χ4n) is 6.31. The van der Waals surface area contributed by atoms with Gasteiger partial charge in [0.15, 0.2) is 11.5 Å². The molecule has 0 spiro atoms. The zero-order valence-electron chi connectivity index (χ0n) is 20.7. The van der Waals surface area contributed by atoms with Gasteiger partial charge in [-0.05, 0) is 81.9 Å². The van der Waals surface area contributed by atoms with Gasteiger partial charge in [-0.2, -0.15) is 0 Å². The monoisotopic (exact) mass is 471 g/mol. The molecule has 1 aromatic carbocycles. The SMILES string of the molecule is CO[C@@H]1CC[C@@H](CC(=O)NC2CCC(CCN3CCN(c4cccc5c4OCO5)CC3)CC2)C1. The van der Waals surface area contributed by atoms with Crippen molar-refractivity contribution in [1.29, 1.82) is 0 Å². The average molecular weight is 472 g/mol. The number of para-hydroxylation sites is 1. The van der Waals surface area contributed by atoms with Crippen LogP contribution in [0.1, 0.15) is 57.8 Å². The molecule has 1 saturated heterocycles. The molecule has 0 radical (unpaired) electrons. The van der Waals surface area contributed by atoms with Gasteiger partial charge in [0.05, 0.1) is 11.8 Å². The first-order valence-electron chi connectivity index (χ1n) is 13.4. The predicted octanol–water partition coefficient (Wildman–Crippen LogP) is 3.81. The molecule has 34 heavy (non-hydrogen) atoms. The van der Waals surface area contributed by atoms with Crippen LogP contribution in [0.4, 0.5) is 5.69 Å². The lowest BCUT2D eigenvalue weighted by Gasteiger charge is -2.37. The van der Waals surface area contributed by atoms with Crippen LogP contribution in [0.25, 0.3) is 0 Å². The Morgan fingerprint density at radius 3 is 2.59 bits per heavy atom. The van der Waals surface area contributed by atoms with Crippen molar-refractivity contribution in [2.24, 2.45) is 11.8 Å². The predicted molar refractivity (Wildman–Crippen MR) is 132 cm³/mol. The highest BCUT2D eigenvalue weighted by atomic mass is 16.7. The van der Waals surface area contributed by atoms with E-state index >= 15 is 0 Å². The Morgan fingerprint density at radius 1 is 1.03 bits per heavy atom. The van der Waals surface area contributed by atoms with Crippen LogP contribution >= 0.6 is 0 Å². The summed E-state index contributed by atoms with van der Waals surface area (Å²) in [5.41, 5.74) is 1.17. The van der Waals surface area contributed by atoms with E-state index in [1.807, 2.05) is 6.07 Å². The topological polar surface area (TPSA) is 63.3 Å². The van der Waals surface area contributed by atoms with Gasteiger partial charge in [0.2, 0.25) is 12.7 Å². The van der Waals surface area contributed by atoms with Gasteiger partial charge in [0.25, 0.3) is 0 Å². The lowest BCUT2D eigenvalue weighted by Crippen LogP contribution is -2.47. The number of nitrogens with zero attached hydrogens (tertiary/aromatic N) is 2. The van der Waals surface area contributed by atoms with Crippen molar-refractivity contribution in [3.63, 3.8) is 0 Å². The van der Waals surface area contributed by atoms with E-state index in [9.17, 15) is 4.79 Å². The number of anilines is 1. The quantitative estimate of drug-likeness (QED) is 0.622. The van der Waals surface area contributed by atoms with Gasteiger partial charge in [0, 0.05) is 45.8 Å². The van der Waals surface area contributed by atoms with Gasteiger partial charge >= 0.3 is 0 Å². The Bertz CT molecular complexity index is 818. The molecule has 2 saturated carbocycles. The number of carbonyl (C=O) groups excluding carboxylic acids is 1. The molecule has 2 atom stereocenters. The van der Waals surface area contributed by atoms with Crippen molar-refractivity contribution in [3.8, 4) is 11.5 Å². The number of piperazine rings is 1. The maximum atomic E-state index is 12.5. The maximum Gasteiger partial charge on any atom is 0.231 e. The molecule has 3 fully saturated rings. The van der Waals surface area contributed by atoms with Crippen LogP contribution in [0.3, 0.4) is 0 Å². The summed E-state index contributed by atoms with van der Waals surface area (Å²) in [6.07, 6.45) is 10.3. The van der Waals surface area contributed by atoms with Crippen LogP contribution in [0.15, 0.2) is 18.2 Å². The Morgan fingerprint density at radius 2 is 1.82 bits per heavy atom. The summed E-state index contributed by atoms with van der Waals surface area (Å²) >= 11 is 0. The normalized spacial score (nSPS) is 29.4. The fraction of sp³-hybridized carbons (Fsp3) is 0.741. The highest BCUT2D eigenvalue weighted by Gasteiger charge is 2.29. The van der Waals surface area contributed by atoms with E-state index < -0.39 is 0 Å². The Kier molecular flexibility index (Phi) is 7.80. The largest absolute Gasteiger partial charge is 0.454 e. The van der Waals surface area contributed by atoms with Crippen LogP contribution < -0.4 is 19.7 Å². The highest BCUT2D eigenvalue weighted by Crippen LogP contribution is 2.41. The molecule has 7 nitrogen and oxygen atoms in total. The number of nitrogens with one attached hydrogen (secondary N) is 1. The number of benzene rings is 1. The zero-order valence-corrected chi connectivity index (χ0v) is 20.7. The van der Waals surface area contributed by atoms with Crippen molar-refractivity contribution in [2.45, 2.75) is 69.9 Å². The van der Waals surface area contributed by atoms with Crippen LogP contribution in [-0.4, -0.2) is 69.6 Å². The van der Waals surface area contributed by atoms with E-state index in [1.165, 1.54) is 31.5 Å². The van der Waals surface area contributed by atoms with Crippen molar-refractivity contribution in [1.82, 2.24) is 10.2 Å². The Labute approximate surface area is 204 Å². The minimum absolute atomic E-state index is 0.254. The summed E-state index contributed by atoms with van der Waals surface area (Å²) in [7, 11) is 1.78. The number of rotatable bonds is 8. The second-order valence-electron chi connectivity index (χ2n) is 10.7. The van der Waals surface area contributed by atoms with Gasteiger partial charge in [-0.25, -0.2) is 0 Å². The minimum atomic E-state index is 0.254. The van der Waals surface area contributed by atoms with E-state index in [2.05, 4.69) is 27.2 Å². The molecule has 188 valence electrons. The van der Waals surface area contributed by atoms with E-state index in [4.69, 9.17) is 14.2 Å². The number of ether oxygens (including phenoxy) is 3. The smallest absolute Gasteiger partial charge is 0.231 e. The van der Waals surface area contributed by atoms with Crippen molar-refractivity contribution < 1.29 is 19.0 Å². The van der Waals surface area contributed by atoms with Gasteiger partial charge in [0.1, 0.15) is 0 Å². The molecular formula is C27H41N3O4. The van der Waals surface area contributed by atoms with Gasteiger partial charge in [-0.15, -0.1) is 0 Å². The third-order valence-electron chi connectivity index (χ3n) is 8.45. The second-order valence-corrected chi connectivity index (χ2v) is 10.7. The van der Waals surface area contributed by atoms with Gasteiger partial charge in [-0.1, -0.05) is 6.07 Å². The number of hydrogen-bond acceptors (Lipinski definition) is 6. The molecule has 2 heterocycles. The van der Waals surface area contributed by atoms with Crippen molar-refractivity contribution in [3.05, 3.63) is 18.2 Å². The molecule has 1 amide bonds. The molecule has 1 aromatic rings. The molecular weight excluding hydrogens is 430 g/mol. The number of amides is 1. The lowest BCUT2D eigenvalue weighted by atomic mass is 9.84. The van der Waals surface area contributed by atoms with Crippen LogP contribution in [0.2, 0.25) is 0 Å². The number of carbonyl (C=O) groups is 1. The second kappa shape index (κ2) is 11.2. The standard InChI is InChI=1S/C27H41N3O4/c1-32-23-10-7-21(17-23)18-26(31)28-22-8-5-20(6-9-22)11-12-29-13-15-30(16-14-29)24-3-2-4-25-27(24)34-19-33-25/h2-4,20-23H,5-19H2,1H3,(H,28,31)/t20?,21-,22?,23-/m1/s1. The van der Waals surface area contributed by atoms with Crippen molar-refractivity contribution in [2.75, 3.05) is 51.5 Å². The molecule has 4 aliphatic rings. The van der Waals surface area contributed by atoms with E-state index in [0.29, 0.717) is 31.3 Å². The van der Waals surface area contributed by atoms with E-state index in [1.54, 1.807) is 7.11 Å². The molecule has 0 bridgehead atoms. The Hall–Kier alpha value is -1.99. The molecule has 0 unspecified atom stereocenters. The van der Waals surface area contributed by atoms with E-state index in [0.717, 1.165) is 75.7 Å². The third kappa shape index (κ3) is 5.80. The summed E-state index contributed by atoms with van der Waals surface area (Å²) < 4.78 is 16.7. The molecule has 5 rings (SSSR count). The van der Waals surface area contributed by atoms with Gasteiger partial charge < -0.3 is 24.4 Å². The van der Waals surface area contributed by atoms with Crippen LogP contribution in [-0.2, 0) is 9.53 Å². The summed E-state index contributed by atoms with van der Waals surface area (Å²) in [5.74, 6) is 3.33. The minimum Gasteiger partial charge on any atom is -0.454 e. The molecule has 7 heteroatoms. The number of hydrogen-bond donors (Lipinski definition) is 1. The molecule has 0 aromatic heterocycles. The average Bonchev–Trinajstić information content (AvgIpc) is 3.53. The van der Waals surface area contributed by atoms with Crippen LogP contribution in [0, 0.1) is 11.8 Å². The summed E-state index contributed by atoms with van der Waals surface area (Å²) in [6, 6.07) is 6.56. The number of methoxy groups -OCH3 is 1. The van der Waals surface area contributed by atoms with Crippen LogP contribution in [0.5, 0.6) is 11.5 Å². The van der Waals surface area contributed by atoms with Crippen molar-refractivity contribution >= 4 is 11.6 Å². The van der Waals surface area contributed by atoms with Gasteiger partial charge in [-0.3, -0.25) is 9.69 Å². The third-order valence-corrected chi connectivity index (χ3v) is 8.45. The summed E-state index contributed by atoms with van der Waals surface area (Å²) in [5, 5.41) is 3.33. The molecule has 1 N–H and O–H groups in total. The first kappa shape index (κ1) is 23.7. The molecule has 2 aliphatic heterocycles. The first-order valence-corrected chi connectivity index (χ1v) is 13.4. The summed E-state index contributed by atoms with van der Waals surface area (Å²) in [4.78, 5) is 17.5.